The van der Waals surface area contributed by atoms with Gasteiger partial charge in [0.05, 0.1) is 6.04 Å². The molecule has 2 heteroatoms. The molecule has 1 rings (SSSR count). The fraction of sp³-hybridized carbons (Fsp3) is 0.562. The Labute approximate surface area is 111 Å². The van der Waals surface area contributed by atoms with Crippen LogP contribution in [-0.2, 0) is 5.41 Å². The Kier molecular flexibility index (Phi) is 5.09. The summed E-state index contributed by atoms with van der Waals surface area (Å²) in [5.74, 6) is 0.0592. The number of carbonyl (C=O) groups is 1. The van der Waals surface area contributed by atoms with Gasteiger partial charge in [-0.25, -0.2) is 0 Å². The Morgan fingerprint density at radius 2 is 1.78 bits per heavy atom. The molecular formula is C16H25NO. The zero-order valence-corrected chi connectivity index (χ0v) is 12.0. The number of hydrogen-bond acceptors (Lipinski definition) is 2. The molecule has 0 saturated heterocycles. The van der Waals surface area contributed by atoms with Crippen molar-refractivity contribution in [3.63, 3.8) is 0 Å². The molecule has 2 N–H and O–H groups in total. The summed E-state index contributed by atoms with van der Waals surface area (Å²) in [5.41, 5.74) is 7.99. The summed E-state index contributed by atoms with van der Waals surface area (Å²) in [5, 5.41) is 0. The SMILES string of the molecule is CCCCC(N)C(=O)c1ccc(C(C)(C)C)cc1. The Bertz CT molecular complexity index is 387. The average molecular weight is 247 g/mol. The molecule has 0 aliphatic heterocycles. The van der Waals surface area contributed by atoms with E-state index in [-0.39, 0.29) is 17.2 Å². The highest BCUT2D eigenvalue weighted by molar-refractivity contribution is 5.99. The van der Waals surface area contributed by atoms with Gasteiger partial charge < -0.3 is 5.73 Å². The molecule has 0 fully saturated rings. The van der Waals surface area contributed by atoms with E-state index in [1.807, 2.05) is 24.3 Å². The summed E-state index contributed by atoms with van der Waals surface area (Å²) in [6.07, 6.45) is 2.85. The van der Waals surface area contributed by atoms with Crippen LogP contribution < -0.4 is 5.73 Å². The lowest BCUT2D eigenvalue weighted by atomic mass is 9.86. The molecule has 2 nitrogen and oxygen atoms in total. The largest absolute Gasteiger partial charge is 0.321 e. The first-order chi connectivity index (χ1) is 8.36. The van der Waals surface area contributed by atoms with Gasteiger partial charge in [-0.15, -0.1) is 0 Å². The monoisotopic (exact) mass is 247 g/mol. The number of benzene rings is 1. The third kappa shape index (κ3) is 3.95. The predicted octanol–water partition coefficient (Wildman–Crippen LogP) is 3.68. The normalized spacial score (nSPS) is 13.4. The third-order valence-electron chi connectivity index (χ3n) is 3.24. The van der Waals surface area contributed by atoms with E-state index >= 15 is 0 Å². The molecule has 0 heterocycles. The van der Waals surface area contributed by atoms with Gasteiger partial charge in [-0.1, -0.05) is 64.8 Å². The molecule has 0 saturated carbocycles. The number of Topliss-reactive ketones (excluding diaryl/α,β-unsaturated/α-hetero) is 1. The summed E-state index contributed by atoms with van der Waals surface area (Å²) in [7, 11) is 0. The Morgan fingerprint density at radius 1 is 1.22 bits per heavy atom. The minimum atomic E-state index is -0.356. The second kappa shape index (κ2) is 6.14. The highest BCUT2D eigenvalue weighted by Crippen LogP contribution is 2.22. The maximum Gasteiger partial charge on any atom is 0.179 e. The molecule has 1 atom stereocenters. The molecule has 0 spiro atoms. The van der Waals surface area contributed by atoms with Crippen LogP contribution in [-0.4, -0.2) is 11.8 Å². The molecule has 0 bridgehead atoms. The first-order valence-electron chi connectivity index (χ1n) is 6.76. The minimum Gasteiger partial charge on any atom is -0.321 e. The van der Waals surface area contributed by atoms with Crippen molar-refractivity contribution in [2.24, 2.45) is 5.73 Å². The molecule has 0 aliphatic rings. The molecule has 1 aromatic rings. The maximum atomic E-state index is 12.1. The second-order valence-electron chi connectivity index (χ2n) is 5.94. The number of carbonyl (C=O) groups excluding carboxylic acids is 1. The quantitative estimate of drug-likeness (QED) is 0.806. The molecule has 100 valence electrons. The van der Waals surface area contributed by atoms with Gasteiger partial charge >= 0.3 is 0 Å². The summed E-state index contributed by atoms with van der Waals surface area (Å²) in [4.78, 5) is 12.1. The molecule has 1 aromatic carbocycles. The second-order valence-corrected chi connectivity index (χ2v) is 5.94. The van der Waals surface area contributed by atoms with Crippen LogP contribution in [0, 0.1) is 0 Å². The van der Waals surface area contributed by atoms with Crippen LogP contribution in [0.25, 0.3) is 0 Å². The summed E-state index contributed by atoms with van der Waals surface area (Å²) in [6.45, 7) is 8.60. The van der Waals surface area contributed by atoms with Crippen LogP contribution in [0.3, 0.4) is 0 Å². The fourth-order valence-corrected chi connectivity index (χ4v) is 1.90. The van der Waals surface area contributed by atoms with E-state index in [0.29, 0.717) is 0 Å². The minimum absolute atomic E-state index is 0.0592. The van der Waals surface area contributed by atoms with E-state index in [9.17, 15) is 4.79 Å². The van der Waals surface area contributed by atoms with Crippen molar-refractivity contribution < 1.29 is 4.79 Å². The van der Waals surface area contributed by atoms with Crippen molar-refractivity contribution in [1.82, 2.24) is 0 Å². The van der Waals surface area contributed by atoms with E-state index in [0.717, 1.165) is 24.8 Å². The standard InChI is InChI=1S/C16H25NO/c1-5-6-7-14(17)15(18)12-8-10-13(11-9-12)16(2,3)4/h8-11,14H,5-7,17H2,1-4H3. The van der Waals surface area contributed by atoms with Crippen molar-refractivity contribution in [1.29, 1.82) is 0 Å². The molecule has 18 heavy (non-hydrogen) atoms. The van der Waals surface area contributed by atoms with E-state index in [1.54, 1.807) is 0 Å². The molecule has 0 amide bonds. The van der Waals surface area contributed by atoms with Crippen molar-refractivity contribution in [3.8, 4) is 0 Å². The smallest absolute Gasteiger partial charge is 0.179 e. The molecule has 0 radical (unpaired) electrons. The highest BCUT2D eigenvalue weighted by atomic mass is 16.1. The Hall–Kier alpha value is -1.15. The van der Waals surface area contributed by atoms with Crippen molar-refractivity contribution in [2.45, 2.75) is 58.4 Å². The van der Waals surface area contributed by atoms with Gasteiger partial charge in [0.2, 0.25) is 0 Å². The van der Waals surface area contributed by atoms with Crippen LogP contribution in [0.1, 0.15) is 62.9 Å². The molecule has 1 unspecified atom stereocenters. The topological polar surface area (TPSA) is 43.1 Å². The summed E-state index contributed by atoms with van der Waals surface area (Å²) >= 11 is 0. The Morgan fingerprint density at radius 3 is 2.22 bits per heavy atom. The van der Waals surface area contributed by atoms with Crippen LogP contribution in [0.2, 0.25) is 0 Å². The highest BCUT2D eigenvalue weighted by Gasteiger charge is 2.17. The van der Waals surface area contributed by atoms with Crippen molar-refractivity contribution >= 4 is 5.78 Å². The number of hydrogen-bond donors (Lipinski definition) is 1. The maximum absolute atomic E-state index is 12.1. The van der Waals surface area contributed by atoms with Gasteiger partial charge in [-0.2, -0.15) is 0 Å². The predicted molar refractivity (Wildman–Crippen MR) is 77.0 cm³/mol. The van der Waals surface area contributed by atoms with Crippen LogP contribution in [0.15, 0.2) is 24.3 Å². The van der Waals surface area contributed by atoms with E-state index in [2.05, 4.69) is 27.7 Å². The first-order valence-corrected chi connectivity index (χ1v) is 6.76. The molecular weight excluding hydrogens is 222 g/mol. The van der Waals surface area contributed by atoms with E-state index in [1.165, 1.54) is 5.56 Å². The van der Waals surface area contributed by atoms with Crippen molar-refractivity contribution in [3.05, 3.63) is 35.4 Å². The lowest BCUT2D eigenvalue weighted by Crippen LogP contribution is -2.30. The summed E-state index contributed by atoms with van der Waals surface area (Å²) < 4.78 is 0. The van der Waals surface area contributed by atoms with Gasteiger partial charge in [0.15, 0.2) is 5.78 Å². The van der Waals surface area contributed by atoms with Crippen molar-refractivity contribution in [2.75, 3.05) is 0 Å². The molecule has 0 aromatic heterocycles. The van der Waals surface area contributed by atoms with Gasteiger partial charge in [-0.05, 0) is 17.4 Å². The third-order valence-corrected chi connectivity index (χ3v) is 3.24. The lowest BCUT2D eigenvalue weighted by molar-refractivity contribution is 0.0956. The fourth-order valence-electron chi connectivity index (χ4n) is 1.90. The zero-order chi connectivity index (χ0) is 13.8. The number of ketones is 1. The average Bonchev–Trinajstić information content (AvgIpc) is 2.34. The number of unbranched alkanes of at least 4 members (excludes halogenated alkanes) is 1. The van der Waals surface area contributed by atoms with Gasteiger partial charge in [0, 0.05) is 5.56 Å². The number of nitrogens with two attached hydrogens (primary N) is 1. The van der Waals surface area contributed by atoms with Crippen LogP contribution in [0.5, 0.6) is 0 Å². The molecule has 0 aliphatic carbocycles. The van der Waals surface area contributed by atoms with E-state index in [4.69, 9.17) is 5.73 Å². The van der Waals surface area contributed by atoms with Crippen LogP contribution in [0.4, 0.5) is 0 Å². The van der Waals surface area contributed by atoms with Crippen LogP contribution >= 0.6 is 0 Å². The van der Waals surface area contributed by atoms with Gasteiger partial charge in [0.1, 0.15) is 0 Å². The first kappa shape index (κ1) is 14.9. The Balaban J connectivity index is 2.76. The number of rotatable bonds is 5. The van der Waals surface area contributed by atoms with Gasteiger partial charge in [0.25, 0.3) is 0 Å². The van der Waals surface area contributed by atoms with E-state index < -0.39 is 0 Å². The summed E-state index contributed by atoms with van der Waals surface area (Å²) in [6, 6.07) is 7.49. The van der Waals surface area contributed by atoms with Gasteiger partial charge in [-0.3, -0.25) is 4.79 Å². The lowest BCUT2D eigenvalue weighted by Gasteiger charge is -2.19. The zero-order valence-electron chi connectivity index (χ0n) is 12.0.